The third-order valence-electron chi connectivity index (χ3n) is 2.39. The number of halogens is 2. The lowest BCUT2D eigenvalue weighted by Crippen LogP contribution is -2.20. The van der Waals surface area contributed by atoms with Crippen molar-refractivity contribution >= 4 is 23.1 Å². The van der Waals surface area contributed by atoms with Crippen molar-refractivity contribution < 1.29 is 13.6 Å². The molecule has 98 valence electrons. The highest BCUT2D eigenvalue weighted by Gasteiger charge is 2.08. The molecule has 0 fully saturated rings. The molecule has 2 rings (SSSR count). The van der Waals surface area contributed by atoms with Gasteiger partial charge in [0.2, 0.25) is 0 Å². The molecule has 0 aliphatic carbocycles. The van der Waals surface area contributed by atoms with Crippen molar-refractivity contribution in [3.63, 3.8) is 0 Å². The summed E-state index contributed by atoms with van der Waals surface area (Å²) in [6, 6.07) is 8.86. The number of anilines is 3. The summed E-state index contributed by atoms with van der Waals surface area (Å²) >= 11 is 0. The second kappa shape index (κ2) is 5.34. The van der Waals surface area contributed by atoms with Crippen molar-refractivity contribution in [2.24, 2.45) is 0 Å². The van der Waals surface area contributed by atoms with E-state index in [-0.39, 0.29) is 5.69 Å². The van der Waals surface area contributed by atoms with Crippen LogP contribution in [-0.2, 0) is 0 Å². The highest BCUT2D eigenvalue weighted by molar-refractivity contribution is 6.01. The first-order chi connectivity index (χ1) is 9.06. The summed E-state index contributed by atoms with van der Waals surface area (Å²) in [5.74, 6) is -1.56. The lowest BCUT2D eigenvalue weighted by Gasteiger charge is -2.10. The van der Waals surface area contributed by atoms with Crippen LogP contribution in [0.4, 0.5) is 30.6 Å². The molecule has 0 bridgehead atoms. The SMILES string of the molecule is Nc1ccccc1NC(=O)Nc1ccc(F)cc1F. The van der Waals surface area contributed by atoms with E-state index >= 15 is 0 Å². The zero-order valence-corrected chi connectivity index (χ0v) is 9.78. The highest BCUT2D eigenvalue weighted by Crippen LogP contribution is 2.18. The number of nitrogens with two attached hydrogens (primary N) is 1. The second-order valence-corrected chi connectivity index (χ2v) is 3.79. The van der Waals surface area contributed by atoms with Gasteiger partial charge in [-0.2, -0.15) is 0 Å². The van der Waals surface area contributed by atoms with Gasteiger partial charge in [0.15, 0.2) is 0 Å². The van der Waals surface area contributed by atoms with Gasteiger partial charge < -0.3 is 16.4 Å². The quantitative estimate of drug-likeness (QED) is 0.728. The standard InChI is InChI=1S/C13H11F2N3O/c14-8-5-6-11(9(15)7-8)17-13(19)18-12-4-2-1-3-10(12)16/h1-7H,16H2,(H2,17,18,19). The number of carbonyl (C=O) groups is 1. The van der Waals surface area contributed by atoms with Gasteiger partial charge in [-0.25, -0.2) is 13.6 Å². The maximum absolute atomic E-state index is 13.3. The van der Waals surface area contributed by atoms with E-state index in [0.29, 0.717) is 17.4 Å². The van der Waals surface area contributed by atoms with Crippen LogP contribution >= 0.6 is 0 Å². The molecule has 0 atom stereocenters. The smallest absolute Gasteiger partial charge is 0.323 e. The van der Waals surface area contributed by atoms with Gasteiger partial charge in [-0.05, 0) is 24.3 Å². The van der Waals surface area contributed by atoms with Gasteiger partial charge in [0, 0.05) is 6.07 Å². The van der Waals surface area contributed by atoms with Crippen LogP contribution in [0.3, 0.4) is 0 Å². The number of nitrogen functional groups attached to an aromatic ring is 1. The van der Waals surface area contributed by atoms with E-state index in [2.05, 4.69) is 10.6 Å². The highest BCUT2D eigenvalue weighted by atomic mass is 19.1. The van der Waals surface area contributed by atoms with Crippen molar-refractivity contribution in [2.45, 2.75) is 0 Å². The first-order valence-electron chi connectivity index (χ1n) is 5.44. The Kier molecular flexibility index (Phi) is 3.61. The fourth-order valence-corrected chi connectivity index (χ4v) is 1.48. The Labute approximate surface area is 108 Å². The largest absolute Gasteiger partial charge is 0.397 e. The summed E-state index contributed by atoms with van der Waals surface area (Å²) in [6.45, 7) is 0. The first kappa shape index (κ1) is 12.8. The number of hydrogen-bond acceptors (Lipinski definition) is 2. The Balaban J connectivity index is 2.08. The van der Waals surface area contributed by atoms with Crippen molar-refractivity contribution in [1.29, 1.82) is 0 Å². The Bertz CT molecular complexity index is 617. The van der Waals surface area contributed by atoms with E-state index in [1.807, 2.05) is 0 Å². The van der Waals surface area contributed by atoms with E-state index in [9.17, 15) is 13.6 Å². The van der Waals surface area contributed by atoms with Crippen molar-refractivity contribution in [2.75, 3.05) is 16.4 Å². The summed E-state index contributed by atoms with van der Waals surface area (Å²) in [7, 11) is 0. The Hall–Kier alpha value is -2.63. The lowest BCUT2D eigenvalue weighted by molar-refractivity contribution is 0.262. The minimum Gasteiger partial charge on any atom is -0.397 e. The van der Waals surface area contributed by atoms with Crippen LogP contribution in [0, 0.1) is 11.6 Å². The maximum atomic E-state index is 13.3. The number of para-hydroxylation sites is 2. The van der Waals surface area contributed by atoms with E-state index < -0.39 is 17.7 Å². The van der Waals surface area contributed by atoms with E-state index in [1.165, 1.54) is 0 Å². The number of urea groups is 1. The molecular weight excluding hydrogens is 252 g/mol. The minimum atomic E-state index is -0.851. The zero-order chi connectivity index (χ0) is 13.8. The van der Waals surface area contributed by atoms with Crippen LogP contribution in [0.2, 0.25) is 0 Å². The molecule has 0 aromatic heterocycles. The molecule has 0 aliphatic rings. The molecule has 2 amide bonds. The Morgan fingerprint density at radius 1 is 1.00 bits per heavy atom. The van der Waals surface area contributed by atoms with Gasteiger partial charge in [-0.15, -0.1) is 0 Å². The third-order valence-corrected chi connectivity index (χ3v) is 2.39. The van der Waals surface area contributed by atoms with Crippen LogP contribution in [0.5, 0.6) is 0 Å². The number of nitrogens with one attached hydrogen (secondary N) is 2. The number of rotatable bonds is 2. The molecule has 0 saturated heterocycles. The maximum Gasteiger partial charge on any atom is 0.323 e. The summed E-state index contributed by atoms with van der Waals surface area (Å²) in [5, 5.41) is 4.73. The molecule has 4 nitrogen and oxygen atoms in total. The van der Waals surface area contributed by atoms with Gasteiger partial charge in [0.05, 0.1) is 17.1 Å². The van der Waals surface area contributed by atoms with Crippen LogP contribution in [0.15, 0.2) is 42.5 Å². The molecule has 0 aliphatic heterocycles. The fraction of sp³-hybridized carbons (Fsp3) is 0. The van der Waals surface area contributed by atoms with Gasteiger partial charge in [0.1, 0.15) is 11.6 Å². The average molecular weight is 263 g/mol. The number of carbonyl (C=O) groups excluding carboxylic acids is 1. The Morgan fingerprint density at radius 3 is 2.37 bits per heavy atom. The molecule has 0 unspecified atom stereocenters. The van der Waals surface area contributed by atoms with Crippen LogP contribution in [0.25, 0.3) is 0 Å². The monoisotopic (exact) mass is 263 g/mol. The van der Waals surface area contributed by atoms with Crippen molar-refractivity contribution in [3.8, 4) is 0 Å². The zero-order valence-electron chi connectivity index (χ0n) is 9.78. The minimum absolute atomic E-state index is 0.117. The molecule has 0 spiro atoms. The lowest BCUT2D eigenvalue weighted by atomic mass is 10.2. The third kappa shape index (κ3) is 3.19. The predicted molar refractivity (Wildman–Crippen MR) is 69.9 cm³/mol. The second-order valence-electron chi connectivity index (χ2n) is 3.79. The number of hydrogen-bond donors (Lipinski definition) is 3. The van der Waals surface area contributed by atoms with E-state index in [1.54, 1.807) is 24.3 Å². The summed E-state index contributed by atoms with van der Waals surface area (Å²) in [5.41, 5.74) is 6.32. The summed E-state index contributed by atoms with van der Waals surface area (Å²) < 4.78 is 26.0. The normalized spacial score (nSPS) is 10.0. The topological polar surface area (TPSA) is 67.1 Å². The molecule has 6 heteroatoms. The predicted octanol–water partition coefficient (Wildman–Crippen LogP) is 3.19. The summed E-state index contributed by atoms with van der Waals surface area (Å²) in [4.78, 5) is 11.6. The van der Waals surface area contributed by atoms with Crippen LogP contribution in [-0.4, -0.2) is 6.03 Å². The summed E-state index contributed by atoms with van der Waals surface area (Å²) in [6.07, 6.45) is 0. The van der Waals surface area contributed by atoms with Crippen LogP contribution < -0.4 is 16.4 Å². The van der Waals surface area contributed by atoms with E-state index in [0.717, 1.165) is 12.1 Å². The number of amides is 2. The van der Waals surface area contributed by atoms with Gasteiger partial charge >= 0.3 is 6.03 Å². The molecule has 4 N–H and O–H groups in total. The van der Waals surface area contributed by atoms with E-state index in [4.69, 9.17) is 5.73 Å². The number of benzene rings is 2. The van der Waals surface area contributed by atoms with Crippen LogP contribution in [0.1, 0.15) is 0 Å². The van der Waals surface area contributed by atoms with Gasteiger partial charge in [0.25, 0.3) is 0 Å². The molecular formula is C13H11F2N3O. The van der Waals surface area contributed by atoms with Gasteiger partial charge in [-0.3, -0.25) is 0 Å². The fourth-order valence-electron chi connectivity index (χ4n) is 1.48. The average Bonchev–Trinajstić information content (AvgIpc) is 2.36. The first-order valence-corrected chi connectivity index (χ1v) is 5.44. The van der Waals surface area contributed by atoms with Crippen molar-refractivity contribution in [1.82, 2.24) is 0 Å². The molecule has 2 aromatic rings. The van der Waals surface area contributed by atoms with Gasteiger partial charge in [-0.1, -0.05) is 12.1 Å². The Morgan fingerprint density at radius 2 is 1.68 bits per heavy atom. The molecule has 0 heterocycles. The molecule has 19 heavy (non-hydrogen) atoms. The molecule has 2 aromatic carbocycles. The van der Waals surface area contributed by atoms with Crippen molar-refractivity contribution in [3.05, 3.63) is 54.1 Å². The molecule has 0 saturated carbocycles. The molecule has 0 radical (unpaired) electrons.